The number of aromatic nitrogens is 3. The van der Waals surface area contributed by atoms with Gasteiger partial charge in [-0.3, -0.25) is 8.79 Å². The van der Waals surface area contributed by atoms with Crippen LogP contribution in [0.4, 0.5) is 10.2 Å². The number of rotatable bonds is 6. The zero-order valence-corrected chi connectivity index (χ0v) is 13.4. The molecule has 4 rings (SSSR count). The van der Waals surface area contributed by atoms with Gasteiger partial charge in [0.25, 0.3) is 0 Å². The van der Waals surface area contributed by atoms with Crippen LogP contribution in [-0.2, 0) is 0 Å². The molecule has 1 aromatic carbocycles. The van der Waals surface area contributed by atoms with E-state index in [1.165, 1.54) is 6.42 Å². The van der Waals surface area contributed by atoms with Gasteiger partial charge in [0.1, 0.15) is 11.6 Å². The van der Waals surface area contributed by atoms with Crippen LogP contribution in [0.25, 0.3) is 17.0 Å². The minimum absolute atomic E-state index is 0.355. The molecule has 6 heteroatoms. The molecule has 24 heavy (non-hydrogen) atoms. The Morgan fingerprint density at radius 3 is 2.62 bits per heavy atom. The van der Waals surface area contributed by atoms with Gasteiger partial charge in [-0.25, -0.2) is 4.98 Å². The highest BCUT2D eigenvalue weighted by molar-refractivity contribution is 5.63. The van der Waals surface area contributed by atoms with E-state index >= 15 is 0 Å². The van der Waals surface area contributed by atoms with E-state index in [1.54, 1.807) is 0 Å². The van der Waals surface area contributed by atoms with Gasteiger partial charge in [-0.1, -0.05) is 0 Å². The number of fused-ring (bicyclic) bond motifs is 1. The summed E-state index contributed by atoms with van der Waals surface area (Å²) >= 11 is 0. The summed E-state index contributed by atoms with van der Waals surface area (Å²) < 4.78 is 19.5. The summed E-state index contributed by atoms with van der Waals surface area (Å²) in [6.45, 7) is 2.18. The summed E-state index contributed by atoms with van der Waals surface area (Å²) in [5.41, 5.74) is 1.88. The number of hydrogen-bond donors (Lipinski definition) is 0. The van der Waals surface area contributed by atoms with E-state index < -0.39 is 0 Å². The van der Waals surface area contributed by atoms with E-state index in [0.717, 1.165) is 35.9 Å². The van der Waals surface area contributed by atoms with Gasteiger partial charge in [-0.05, 0) is 36.8 Å². The number of imidazole rings is 1. The molecule has 0 saturated carbocycles. The molecule has 5 nitrogen and oxygen atoms in total. The van der Waals surface area contributed by atoms with Gasteiger partial charge in [0, 0.05) is 37.5 Å². The molecule has 1 saturated heterocycles. The van der Waals surface area contributed by atoms with Crippen molar-refractivity contribution in [3.63, 3.8) is 0 Å². The lowest BCUT2D eigenvalue weighted by molar-refractivity contribution is 0.289. The highest BCUT2D eigenvalue weighted by atomic mass is 19.1. The number of nitrogens with zero attached hydrogens (tertiary/aromatic N) is 4. The first-order valence-electron chi connectivity index (χ1n) is 8.23. The van der Waals surface area contributed by atoms with Crippen molar-refractivity contribution in [3.8, 4) is 17.0 Å². The van der Waals surface area contributed by atoms with E-state index in [4.69, 9.17) is 4.74 Å². The second-order valence-electron chi connectivity index (χ2n) is 5.88. The molecule has 0 atom stereocenters. The summed E-state index contributed by atoms with van der Waals surface area (Å²) in [6.07, 6.45) is 5.62. The predicted molar refractivity (Wildman–Crippen MR) is 91.3 cm³/mol. The third-order valence-corrected chi connectivity index (χ3v) is 4.19. The molecular weight excluding hydrogens is 307 g/mol. The van der Waals surface area contributed by atoms with Crippen molar-refractivity contribution < 1.29 is 9.13 Å². The Morgan fingerprint density at radius 2 is 1.92 bits per heavy atom. The van der Waals surface area contributed by atoms with Gasteiger partial charge >= 0.3 is 0 Å². The fourth-order valence-corrected chi connectivity index (χ4v) is 2.69. The number of ether oxygens (including phenoxy) is 1. The van der Waals surface area contributed by atoms with Crippen LogP contribution in [0.2, 0.25) is 0 Å². The van der Waals surface area contributed by atoms with Gasteiger partial charge < -0.3 is 9.64 Å². The Hall–Kier alpha value is -2.63. The first-order chi connectivity index (χ1) is 11.8. The van der Waals surface area contributed by atoms with Gasteiger partial charge in [-0.15, -0.1) is 0 Å². The van der Waals surface area contributed by atoms with E-state index in [0.29, 0.717) is 18.8 Å². The number of hydrogen-bond acceptors (Lipinski definition) is 4. The summed E-state index contributed by atoms with van der Waals surface area (Å²) in [6, 6.07) is 9.72. The van der Waals surface area contributed by atoms with Crippen molar-refractivity contribution in [2.24, 2.45) is 0 Å². The Kier molecular flexibility index (Phi) is 4.02. The molecule has 1 aliphatic heterocycles. The van der Waals surface area contributed by atoms with Crippen LogP contribution in [0, 0.1) is 0 Å². The smallest absolute Gasteiger partial charge is 0.236 e. The molecular formula is C18H19FN4O. The lowest BCUT2D eigenvalue weighted by Crippen LogP contribution is -2.37. The van der Waals surface area contributed by atoms with E-state index in [9.17, 15) is 4.39 Å². The fourth-order valence-electron chi connectivity index (χ4n) is 2.69. The zero-order chi connectivity index (χ0) is 16.4. The molecule has 1 aliphatic rings. The van der Waals surface area contributed by atoms with E-state index in [-0.39, 0.29) is 6.67 Å². The first kappa shape index (κ1) is 14.9. The summed E-state index contributed by atoms with van der Waals surface area (Å²) in [7, 11) is 0. The van der Waals surface area contributed by atoms with Crippen molar-refractivity contribution in [2.45, 2.75) is 12.8 Å². The Labute approximate surface area is 139 Å². The van der Waals surface area contributed by atoms with Gasteiger partial charge in [-0.2, -0.15) is 4.98 Å². The molecule has 0 aliphatic carbocycles. The normalized spacial score (nSPS) is 14.0. The minimum atomic E-state index is -0.355. The maximum atomic E-state index is 12.1. The van der Waals surface area contributed by atoms with E-state index in [2.05, 4.69) is 14.9 Å². The monoisotopic (exact) mass is 326 g/mol. The van der Waals surface area contributed by atoms with E-state index in [1.807, 2.05) is 47.1 Å². The van der Waals surface area contributed by atoms with Crippen molar-refractivity contribution in [2.75, 3.05) is 31.3 Å². The highest BCUT2D eigenvalue weighted by Gasteiger charge is 2.16. The van der Waals surface area contributed by atoms with Crippen molar-refractivity contribution in [1.29, 1.82) is 0 Å². The third-order valence-electron chi connectivity index (χ3n) is 4.19. The summed E-state index contributed by atoms with van der Waals surface area (Å²) in [4.78, 5) is 11.5. The molecule has 0 radical (unpaired) electrons. The second-order valence-corrected chi connectivity index (χ2v) is 5.88. The van der Waals surface area contributed by atoms with Crippen LogP contribution in [0.5, 0.6) is 5.75 Å². The second kappa shape index (κ2) is 6.47. The lowest BCUT2D eigenvalue weighted by atomic mass is 10.2. The molecule has 124 valence electrons. The van der Waals surface area contributed by atoms with Crippen LogP contribution < -0.4 is 9.64 Å². The molecule has 3 heterocycles. The Bertz CT molecular complexity index is 827. The number of alkyl halides is 1. The molecule has 0 amide bonds. The lowest BCUT2D eigenvalue weighted by Gasteiger charge is -2.31. The molecule has 0 bridgehead atoms. The molecule has 0 unspecified atom stereocenters. The summed E-state index contributed by atoms with van der Waals surface area (Å²) in [5.74, 6) is 2.44. The molecule has 1 fully saturated rings. The summed E-state index contributed by atoms with van der Waals surface area (Å²) in [5, 5.41) is 0. The maximum absolute atomic E-state index is 12.1. The van der Waals surface area contributed by atoms with Crippen LogP contribution >= 0.6 is 0 Å². The van der Waals surface area contributed by atoms with Crippen molar-refractivity contribution >= 4 is 11.6 Å². The van der Waals surface area contributed by atoms with Crippen LogP contribution in [0.3, 0.4) is 0 Å². The average Bonchev–Trinajstić information content (AvgIpc) is 2.97. The third kappa shape index (κ3) is 2.91. The Balaban J connectivity index is 1.54. The molecule has 0 spiro atoms. The molecule has 2 aromatic heterocycles. The zero-order valence-electron chi connectivity index (χ0n) is 13.4. The predicted octanol–water partition coefficient (Wildman–Crippen LogP) is 3.34. The molecule has 3 aromatic rings. The quantitative estimate of drug-likeness (QED) is 0.652. The Morgan fingerprint density at radius 1 is 1.08 bits per heavy atom. The first-order valence-corrected chi connectivity index (χ1v) is 8.23. The topological polar surface area (TPSA) is 42.7 Å². The fraction of sp³-hybridized carbons (Fsp3) is 0.333. The molecule has 0 N–H and O–H groups in total. The highest BCUT2D eigenvalue weighted by Crippen LogP contribution is 2.24. The van der Waals surface area contributed by atoms with Crippen molar-refractivity contribution in [3.05, 3.63) is 42.7 Å². The van der Waals surface area contributed by atoms with Crippen LogP contribution in [0.1, 0.15) is 12.8 Å². The van der Waals surface area contributed by atoms with Gasteiger partial charge in [0.2, 0.25) is 5.78 Å². The number of anilines is 1. The number of benzene rings is 1. The largest absolute Gasteiger partial charge is 0.493 e. The average molecular weight is 326 g/mol. The number of halogens is 1. The van der Waals surface area contributed by atoms with Crippen molar-refractivity contribution in [1.82, 2.24) is 14.4 Å². The maximum Gasteiger partial charge on any atom is 0.236 e. The van der Waals surface area contributed by atoms with Gasteiger partial charge in [0.15, 0.2) is 0 Å². The van der Waals surface area contributed by atoms with Crippen LogP contribution in [-0.4, -0.2) is 40.7 Å². The SMILES string of the molecule is FCCCOc1ccc(-c2cn3ccc(N4CCC4)nc3n2)cc1. The minimum Gasteiger partial charge on any atom is -0.493 e. The van der Waals surface area contributed by atoms with Gasteiger partial charge in [0.05, 0.1) is 19.0 Å². The standard InChI is InChI=1S/C18H19FN4O/c19-8-1-12-24-15-5-3-14(4-6-15)16-13-23-11-7-17(21-18(23)20-16)22-9-2-10-22/h3-7,11,13H,1-2,8-10,12H2. The van der Waals surface area contributed by atoms with Crippen LogP contribution in [0.15, 0.2) is 42.7 Å².